The molecule has 0 saturated heterocycles. The monoisotopic (exact) mass is 145 g/mol. The van der Waals surface area contributed by atoms with Gasteiger partial charge in [-0.1, -0.05) is 26.7 Å². The molecule has 0 bridgehead atoms. The second-order valence-corrected chi connectivity index (χ2v) is 3.62. The maximum Gasteiger partial charge on any atom is -0.00418 e. The SMILES string of the molecule is [CH2]CSCC(C)CCC. The van der Waals surface area contributed by atoms with Gasteiger partial charge in [-0.15, -0.1) is 0 Å². The van der Waals surface area contributed by atoms with E-state index in [1.807, 2.05) is 11.8 Å². The third-order valence-corrected chi connectivity index (χ3v) is 2.42. The van der Waals surface area contributed by atoms with Crippen LogP contribution < -0.4 is 0 Å². The smallest absolute Gasteiger partial charge is 0.00418 e. The van der Waals surface area contributed by atoms with Gasteiger partial charge in [-0.3, -0.25) is 0 Å². The number of thioether (sulfide) groups is 1. The molecule has 1 heteroatoms. The van der Waals surface area contributed by atoms with Crippen molar-refractivity contribution in [3.63, 3.8) is 0 Å². The minimum Gasteiger partial charge on any atom is -0.162 e. The largest absolute Gasteiger partial charge is 0.162 e. The molecule has 0 aromatic carbocycles. The highest BCUT2D eigenvalue weighted by Crippen LogP contribution is 2.12. The van der Waals surface area contributed by atoms with Crippen LogP contribution in [0.25, 0.3) is 0 Å². The predicted octanol–water partition coefficient (Wildman–Crippen LogP) is 2.99. The van der Waals surface area contributed by atoms with Crippen LogP contribution in [0.5, 0.6) is 0 Å². The van der Waals surface area contributed by atoms with E-state index in [0.717, 1.165) is 11.7 Å². The fourth-order valence-corrected chi connectivity index (χ4v) is 1.60. The molecule has 0 amide bonds. The lowest BCUT2D eigenvalue weighted by Crippen LogP contribution is -1.96. The second-order valence-electron chi connectivity index (χ2n) is 2.47. The molecule has 0 aliphatic carbocycles. The Kier molecular flexibility index (Phi) is 6.72. The van der Waals surface area contributed by atoms with E-state index < -0.39 is 0 Å². The van der Waals surface area contributed by atoms with Gasteiger partial charge in [0.1, 0.15) is 0 Å². The van der Waals surface area contributed by atoms with E-state index >= 15 is 0 Å². The van der Waals surface area contributed by atoms with Gasteiger partial charge in [0.2, 0.25) is 0 Å². The fraction of sp³-hybridized carbons (Fsp3) is 0.875. The summed E-state index contributed by atoms with van der Waals surface area (Å²) < 4.78 is 0. The molecular formula is C8H17S. The van der Waals surface area contributed by atoms with Crippen LogP contribution in [0.4, 0.5) is 0 Å². The van der Waals surface area contributed by atoms with Crippen molar-refractivity contribution >= 4 is 11.8 Å². The third-order valence-electron chi connectivity index (χ3n) is 1.33. The fourth-order valence-electron chi connectivity index (χ4n) is 0.861. The molecule has 1 radical (unpaired) electrons. The van der Waals surface area contributed by atoms with Crippen LogP contribution in [0, 0.1) is 12.8 Å². The van der Waals surface area contributed by atoms with Gasteiger partial charge in [-0.2, -0.15) is 11.8 Å². The molecule has 0 aliphatic rings. The topological polar surface area (TPSA) is 0 Å². The van der Waals surface area contributed by atoms with E-state index in [0.29, 0.717) is 0 Å². The van der Waals surface area contributed by atoms with Crippen LogP contribution >= 0.6 is 11.8 Å². The van der Waals surface area contributed by atoms with Gasteiger partial charge < -0.3 is 0 Å². The van der Waals surface area contributed by atoms with E-state index in [4.69, 9.17) is 0 Å². The van der Waals surface area contributed by atoms with E-state index in [2.05, 4.69) is 20.8 Å². The quantitative estimate of drug-likeness (QED) is 0.573. The van der Waals surface area contributed by atoms with Gasteiger partial charge >= 0.3 is 0 Å². The van der Waals surface area contributed by atoms with Crippen LogP contribution in [0.3, 0.4) is 0 Å². The van der Waals surface area contributed by atoms with Gasteiger partial charge in [0.05, 0.1) is 0 Å². The van der Waals surface area contributed by atoms with Crippen molar-refractivity contribution < 1.29 is 0 Å². The second kappa shape index (κ2) is 6.47. The van der Waals surface area contributed by atoms with Gasteiger partial charge in [-0.25, -0.2) is 0 Å². The Morgan fingerprint density at radius 2 is 2.22 bits per heavy atom. The minimum atomic E-state index is 0.891. The molecule has 0 saturated carbocycles. The predicted molar refractivity (Wildman–Crippen MR) is 46.8 cm³/mol. The summed E-state index contributed by atoms with van der Waals surface area (Å²) in [6.45, 7) is 8.33. The maximum absolute atomic E-state index is 3.78. The first-order valence-corrected chi connectivity index (χ1v) is 4.83. The van der Waals surface area contributed by atoms with Crippen LogP contribution in [-0.4, -0.2) is 11.5 Å². The van der Waals surface area contributed by atoms with Gasteiger partial charge in [0, 0.05) is 0 Å². The molecule has 0 fully saturated rings. The van der Waals surface area contributed by atoms with Gasteiger partial charge in [-0.05, 0) is 24.3 Å². The Morgan fingerprint density at radius 1 is 1.56 bits per heavy atom. The van der Waals surface area contributed by atoms with Crippen molar-refractivity contribution in [2.45, 2.75) is 26.7 Å². The van der Waals surface area contributed by atoms with Crippen molar-refractivity contribution in [1.82, 2.24) is 0 Å². The molecule has 0 aromatic rings. The highest BCUT2D eigenvalue weighted by molar-refractivity contribution is 7.99. The van der Waals surface area contributed by atoms with Crippen molar-refractivity contribution in [2.24, 2.45) is 5.92 Å². The average molecular weight is 145 g/mol. The molecule has 0 heterocycles. The number of rotatable bonds is 5. The van der Waals surface area contributed by atoms with Crippen molar-refractivity contribution in [3.8, 4) is 0 Å². The molecule has 0 N–H and O–H groups in total. The van der Waals surface area contributed by atoms with Crippen molar-refractivity contribution in [2.75, 3.05) is 11.5 Å². The molecule has 9 heavy (non-hydrogen) atoms. The Bertz CT molecular complexity index is 52.5. The Hall–Kier alpha value is 0.350. The summed E-state index contributed by atoms with van der Waals surface area (Å²) in [6, 6.07) is 0. The molecule has 0 aromatic heterocycles. The van der Waals surface area contributed by atoms with E-state index in [-0.39, 0.29) is 0 Å². The third kappa shape index (κ3) is 6.23. The summed E-state index contributed by atoms with van der Waals surface area (Å²) in [7, 11) is 0. The van der Waals surface area contributed by atoms with Crippen LogP contribution in [0.15, 0.2) is 0 Å². The summed E-state index contributed by atoms with van der Waals surface area (Å²) in [5, 5.41) is 0. The Balaban J connectivity index is 2.95. The molecule has 1 atom stereocenters. The van der Waals surface area contributed by atoms with Gasteiger partial charge in [0.25, 0.3) is 0 Å². The lowest BCUT2D eigenvalue weighted by Gasteiger charge is -2.06. The maximum atomic E-state index is 3.78. The van der Waals surface area contributed by atoms with Crippen LogP contribution in [0.1, 0.15) is 26.7 Å². The Morgan fingerprint density at radius 3 is 2.67 bits per heavy atom. The summed E-state index contributed by atoms with van der Waals surface area (Å²) in [5.74, 6) is 3.20. The summed E-state index contributed by atoms with van der Waals surface area (Å²) in [6.07, 6.45) is 2.69. The number of hydrogen-bond donors (Lipinski definition) is 0. The first-order chi connectivity index (χ1) is 4.31. The summed E-state index contributed by atoms with van der Waals surface area (Å²) in [5.41, 5.74) is 0. The average Bonchev–Trinajstić information content (AvgIpc) is 1.85. The van der Waals surface area contributed by atoms with Crippen LogP contribution in [0.2, 0.25) is 0 Å². The first kappa shape index (κ1) is 9.35. The molecule has 0 spiro atoms. The first-order valence-electron chi connectivity index (χ1n) is 3.68. The summed E-state index contributed by atoms with van der Waals surface area (Å²) >= 11 is 1.95. The van der Waals surface area contributed by atoms with E-state index in [1.54, 1.807) is 0 Å². The van der Waals surface area contributed by atoms with Gasteiger partial charge in [0.15, 0.2) is 0 Å². The summed E-state index contributed by atoms with van der Waals surface area (Å²) in [4.78, 5) is 0. The lowest BCUT2D eigenvalue weighted by atomic mass is 10.1. The molecule has 0 aliphatic heterocycles. The zero-order valence-electron chi connectivity index (χ0n) is 6.52. The highest BCUT2D eigenvalue weighted by atomic mass is 32.2. The normalized spacial score (nSPS) is 13.7. The minimum absolute atomic E-state index is 0.891. The Labute approximate surface area is 63.4 Å². The zero-order chi connectivity index (χ0) is 7.11. The number of hydrogen-bond acceptors (Lipinski definition) is 1. The molecular weight excluding hydrogens is 128 g/mol. The highest BCUT2D eigenvalue weighted by Gasteiger charge is 1.97. The van der Waals surface area contributed by atoms with Crippen molar-refractivity contribution in [1.29, 1.82) is 0 Å². The van der Waals surface area contributed by atoms with E-state index in [9.17, 15) is 0 Å². The van der Waals surface area contributed by atoms with Crippen LogP contribution in [-0.2, 0) is 0 Å². The molecule has 0 nitrogen and oxygen atoms in total. The molecule has 0 rings (SSSR count). The molecule has 55 valence electrons. The zero-order valence-corrected chi connectivity index (χ0v) is 7.34. The lowest BCUT2D eigenvalue weighted by molar-refractivity contribution is 0.585. The van der Waals surface area contributed by atoms with Crippen molar-refractivity contribution in [3.05, 3.63) is 6.92 Å². The van der Waals surface area contributed by atoms with E-state index in [1.165, 1.54) is 18.6 Å². The molecule has 1 unspecified atom stereocenters. The standard InChI is InChI=1S/C8H17S/c1-4-6-8(3)7-9-5-2/h8H,2,4-7H2,1,3H3.